The lowest BCUT2D eigenvalue weighted by Gasteiger charge is -2.39. The van der Waals surface area contributed by atoms with Crippen molar-refractivity contribution in [3.8, 4) is 5.75 Å². The van der Waals surface area contributed by atoms with E-state index in [1.165, 1.54) is 0 Å². The Balaban J connectivity index is 1.55. The number of nitrogens with one attached hydrogen (secondary N) is 1. The Kier molecular flexibility index (Phi) is 7.96. The van der Waals surface area contributed by atoms with Gasteiger partial charge in [0.1, 0.15) is 11.9 Å². The van der Waals surface area contributed by atoms with Gasteiger partial charge in [-0.15, -0.1) is 0 Å². The van der Waals surface area contributed by atoms with Crippen LogP contribution in [0.1, 0.15) is 45.1 Å². The molecule has 0 radical (unpaired) electrons. The third-order valence-corrected chi connectivity index (χ3v) is 5.88. The van der Waals surface area contributed by atoms with Gasteiger partial charge in [-0.1, -0.05) is 13.0 Å². The highest BCUT2D eigenvalue weighted by atomic mass is 16.5. The maximum absolute atomic E-state index is 13.3. The molecule has 1 fully saturated rings. The van der Waals surface area contributed by atoms with Crippen molar-refractivity contribution >= 4 is 17.6 Å². The Hall–Kier alpha value is -2.28. The fraction of sp³-hybridized carbons (Fsp3) is 0.652. The molecule has 2 heterocycles. The summed E-state index contributed by atoms with van der Waals surface area (Å²) < 4.78 is 11.3. The molecule has 0 aliphatic carbocycles. The summed E-state index contributed by atoms with van der Waals surface area (Å²) >= 11 is 0. The third-order valence-electron chi connectivity index (χ3n) is 5.88. The van der Waals surface area contributed by atoms with E-state index in [2.05, 4.69) is 12.2 Å². The molecule has 7 heteroatoms. The van der Waals surface area contributed by atoms with Crippen LogP contribution in [0.3, 0.4) is 0 Å². The van der Waals surface area contributed by atoms with Crippen molar-refractivity contribution in [1.29, 1.82) is 0 Å². The summed E-state index contributed by atoms with van der Waals surface area (Å²) in [7, 11) is 0. The van der Waals surface area contributed by atoms with Crippen LogP contribution >= 0.6 is 0 Å². The summed E-state index contributed by atoms with van der Waals surface area (Å²) in [6.07, 6.45) is 3.08. The normalized spacial score (nSPS) is 19.2. The largest absolute Gasteiger partial charge is 0.486 e. The second kappa shape index (κ2) is 10.7. The first kappa shape index (κ1) is 22.4. The molecule has 1 N–H and O–H groups in total. The zero-order valence-electron chi connectivity index (χ0n) is 18.5. The van der Waals surface area contributed by atoms with Gasteiger partial charge in [0.2, 0.25) is 5.91 Å². The lowest BCUT2D eigenvalue weighted by molar-refractivity contribution is -0.126. The minimum absolute atomic E-state index is 0.00385. The number of rotatable bonds is 7. The monoisotopic (exact) mass is 417 g/mol. The van der Waals surface area contributed by atoms with Crippen molar-refractivity contribution in [3.05, 3.63) is 23.8 Å². The highest BCUT2D eigenvalue weighted by Crippen LogP contribution is 2.36. The van der Waals surface area contributed by atoms with E-state index >= 15 is 0 Å². The number of hydrogen-bond acceptors (Lipinski definition) is 4. The molecule has 0 bridgehead atoms. The summed E-state index contributed by atoms with van der Waals surface area (Å²) in [5, 5.41) is 3.00. The number of carbonyl (C=O) groups excluding carboxylic acids is 2. The van der Waals surface area contributed by atoms with Crippen LogP contribution in [0.15, 0.2) is 18.2 Å². The Morgan fingerprint density at radius 1 is 1.23 bits per heavy atom. The average Bonchev–Trinajstić information content (AvgIpc) is 2.77. The minimum Gasteiger partial charge on any atom is -0.486 e. The van der Waals surface area contributed by atoms with Gasteiger partial charge in [0.15, 0.2) is 0 Å². The lowest BCUT2D eigenvalue weighted by atomic mass is 9.96. The molecule has 30 heavy (non-hydrogen) atoms. The van der Waals surface area contributed by atoms with E-state index in [-0.39, 0.29) is 24.0 Å². The van der Waals surface area contributed by atoms with Gasteiger partial charge in [-0.05, 0) is 57.2 Å². The van der Waals surface area contributed by atoms with Crippen LogP contribution in [0.5, 0.6) is 5.75 Å². The van der Waals surface area contributed by atoms with Crippen molar-refractivity contribution < 1.29 is 19.1 Å². The molecule has 0 unspecified atom stereocenters. The number of carbonyl (C=O) groups is 2. The summed E-state index contributed by atoms with van der Waals surface area (Å²) in [5.74, 6) is 0.842. The van der Waals surface area contributed by atoms with E-state index in [9.17, 15) is 9.59 Å². The van der Waals surface area contributed by atoms with Crippen LogP contribution in [-0.2, 0) is 9.53 Å². The van der Waals surface area contributed by atoms with Crippen LogP contribution in [0, 0.1) is 12.8 Å². The number of benzene rings is 1. The molecule has 1 aromatic carbocycles. The number of ether oxygens (including phenoxy) is 2. The van der Waals surface area contributed by atoms with Crippen molar-refractivity contribution in [2.24, 2.45) is 5.92 Å². The van der Waals surface area contributed by atoms with Gasteiger partial charge in [-0.3, -0.25) is 9.69 Å². The SMILES string of the molecule is CCOCCCNC(=O)C1CCN(C(=O)N2C[C@H](CC)Oc3ccc(C)cc32)CC1. The molecule has 0 spiro atoms. The smallest absolute Gasteiger partial charge is 0.324 e. The Morgan fingerprint density at radius 2 is 2.00 bits per heavy atom. The molecule has 0 aromatic heterocycles. The number of anilines is 1. The van der Waals surface area contributed by atoms with E-state index in [1.54, 1.807) is 0 Å². The molecule has 166 valence electrons. The Morgan fingerprint density at radius 3 is 2.70 bits per heavy atom. The topological polar surface area (TPSA) is 71.1 Å². The van der Waals surface area contributed by atoms with E-state index in [0.717, 1.165) is 29.8 Å². The fourth-order valence-electron chi connectivity index (χ4n) is 4.03. The fourth-order valence-corrected chi connectivity index (χ4v) is 4.03. The molecule has 2 aliphatic rings. The number of piperidine rings is 1. The number of urea groups is 1. The van der Waals surface area contributed by atoms with Crippen LogP contribution in [0.25, 0.3) is 0 Å². The third kappa shape index (κ3) is 5.45. The van der Waals surface area contributed by atoms with Crippen molar-refractivity contribution in [1.82, 2.24) is 10.2 Å². The predicted octanol–water partition coefficient (Wildman–Crippen LogP) is 3.35. The Bertz CT molecular complexity index is 731. The zero-order chi connectivity index (χ0) is 21.5. The summed E-state index contributed by atoms with van der Waals surface area (Å²) in [5.41, 5.74) is 1.95. The number of aryl methyl sites for hydroxylation is 1. The number of likely N-dealkylation sites (tertiary alicyclic amines) is 1. The molecule has 1 atom stereocenters. The second-order valence-corrected chi connectivity index (χ2v) is 8.12. The first-order valence-electron chi connectivity index (χ1n) is 11.2. The highest BCUT2D eigenvalue weighted by Gasteiger charge is 2.34. The first-order valence-corrected chi connectivity index (χ1v) is 11.2. The lowest BCUT2D eigenvalue weighted by Crippen LogP contribution is -2.52. The molecular formula is C23H35N3O4. The van der Waals surface area contributed by atoms with Gasteiger partial charge >= 0.3 is 6.03 Å². The van der Waals surface area contributed by atoms with Crippen molar-refractivity contribution in [2.45, 2.75) is 52.6 Å². The van der Waals surface area contributed by atoms with Gasteiger partial charge in [0.25, 0.3) is 0 Å². The standard InChI is InChI=1S/C23H35N3O4/c1-4-19-16-26(20-15-17(3)7-8-21(20)30-19)23(28)25-12-9-18(10-13-25)22(27)24-11-6-14-29-5-2/h7-8,15,18-19H,4-6,9-14,16H2,1-3H3,(H,24,27)/t19-/m0/s1. The second-order valence-electron chi connectivity index (χ2n) is 8.12. The summed E-state index contributed by atoms with van der Waals surface area (Å²) in [4.78, 5) is 29.5. The maximum Gasteiger partial charge on any atom is 0.324 e. The van der Waals surface area contributed by atoms with E-state index in [4.69, 9.17) is 9.47 Å². The van der Waals surface area contributed by atoms with Crippen LogP contribution in [0.2, 0.25) is 0 Å². The molecular weight excluding hydrogens is 382 g/mol. The van der Waals surface area contributed by atoms with E-state index in [0.29, 0.717) is 52.2 Å². The molecule has 3 amide bonds. The molecule has 7 nitrogen and oxygen atoms in total. The molecule has 2 aliphatic heterocycles. The van der Waals surface area contributed by atoms with Crippen molar-refractivity contribution in [3.63, 3.8) is 0 Å². The number of amides is 3. The number of nitrogens with zero attached hydrogens (tertiary/aromatic N) is 2. The predicted molar refractivity (Wildman–Crippen MR) is 117 cm³/mol. The van der Waals surface area contributed by atoms with Crippen LogP contribution in [0.4, 0.5) is 10.5 Å². The van der Waals surface area contributed by atoms with Crippen LogP contribution in [-0.4, -0.2) is 62.3 Å². The molecule has 1 aromatic rings. The summed E-state index contributed by atoms with van der Waals surface area (Å²) in [6.45, 7) is 9.84. The summed E-state index contributed by atoms with van der Waals surface area (Å²) in [6, 6.07) is 5.99. The molecule has 3 rings (SSSR count). The molecule has 1 saturated heterocycles. The maximum atomic E-state index is 13.3. The van der Waals surface area contributed by atoms with E-state index < -0.39 is 0 Å². The number of fused-ring (bicyclic) bond motifs is 1. The Labute approximate surface area is 179 Å². The van der Waals surface area contributed by atoms with Gasteiger partial charge in [-0.2, -0.15) is 0 Å². The van der Waals surface area contributed by atoms with Gasteiger partial charge in [-0.25, -0.2) is 4.79 Å². The van der Waals surface area contributed by atoms with Gasteiger partial charge in [0.05, 0.1) is 12.2 Å². The van der Waals surface area contributed by atoms with Crippen molar-refractivity contribution in [2.75, 3.05) is 44.3 Å². The highest BCUT2D eigenvalue weighted by molar-refractivity contribution is 5.94. The van der Waals surface area contributed by atoms with Crippen LogP contribution < -0.4 is 15.0 Å². The number of hydrogen-bond donors (Lipinski definition) is 1. The molecule has 0 saturated carbocycles. The van der Waals surface area contributed by atoms with E-state index in [1.807, 2.05) is 41.8 Å². The first-order chi connectivity index (χ1) is 14.5. The average molecular weight is 418 g/mol. The quantitative estimate of drug-likeness (QED) is 0.691. The zero-order valence-corrected chi connectivity index (χ0v) is 18.5. The van der Waals surface area contributed by atoms with Gasteiger partial charge < -0.3 is 19.7 Å². The minimum atomic E-state index is -0.0243. The van der Waals surface area contributed by atoms with Gasteiger partial charge in [0, 0.05) is 38.8 Å².